The number of hydrogen-bond acceptors (Lipinski definition) is 5. The van der Waals surface area contributed by atoms with Crippen LogP contribution in [0.1, 0.15) is 30.4 Å². The summed E-state index contributed by atoms with van der Waals surface area (Å²) in [5, 5.41) is 12.9. The van der Waals surface area contributed by atoms with E-state index in [9.17, 15) is 0 Å². The lowest BCUT2D eigenvalue weighted by atomic mass is 10.1. The van der Waals surface area contributed by atoms with E-state index in [1.807, 2.05) is 4.68 Å². The van der Waals surface area contributed by atoms with Crippen molar-refractivity contribution in [3.05, 3.63) is 29.3 Å². The summed E-state index contributed by atoms with van der Waals surface area (Å²) in [4.78, 5) is 0. The van der Waals surface area contributed by atoms with Crippen LogP contribution in [0.5, 0.6) is 0 Å². The van der Waals surface area contributed by atoms with Crippen LogP contribution in [0.2, 0.25) is 0 Å². The monoisotopic (exact) mass is 304 g/mol. The van der Waals surface area contributed by atoms with Gasteiger partial charge in [0.25, 0.3) is 0 Å². The van der Waals surface area contributed by atoms with Gasteiger partial charge < -0.3 is 4.74 Å². The summed E-state index contributed by atoms with van der Waals surface area (Å²) in [6.07, 6.45) is 3.90. The topological polar surface area (TPSA) is 52.8 Å². The summed E-state index contributed by atoms with van der Waals surface area (Å²) in [5.41, 5.74) is 3.46. The van der Waals surface area contributed by atoms with Crippen LogP contribution in [-0.2, 0) is 4.74 Å². The normalized spacial score (nSPS) is 18.9. The molecule has 21 heavy (non-hydrogen) atoms. The van der Waals surface area contributed by atoms with E-state index in [1.54, 1.807) is 11.8 Å². The van der Waals surface area contributed by atoms with Crippen LogP contribution in [0.4, 0.5) is 0 Å². The molecule has 5 nitrogen and oxygen atoms in total. The van der Waals surface area contributed by atoms with E-state index in [2.05, 4.69) is 47.6 Å². The standard InChI is InChI=1S/C15H20N4OS/c1-11-6-7-14(12(2)9-11)19-15(16-17-18-19)21-10-13-5-3-4-8-20-13/h6-7,9,13H,3-5,8,10H2,1-2H3/t13-/m0/s1. The minimum absolute atomic E-state index is 0.327. The van der Waals surface area contributed by atoms with Gasteiger partial charge in [-0.25, -0.2) is 0 Å². The summed E-state index contributed by atoms with van der Waals surface area (Å²) in [7, 11) is 0. The molecule has 1 atom stereocenters. The third-order valence-corrected chi connectivity index (χ3v) is 4.74. The molecule has 0 aliphatic carbocycles. The molecule has 1 aromatic heterocycles. The Morgan fingerprint density at radius 1 is 1.33 bits per heavy atom. The fourth-order valence-corrected chi connectivity index (χ4v) is 3.52. The average Bonchev–Trinajstić information content (AvgIpc) is 2.94. The third kappa shape index (κ3) is 3.44. The number of hydrogen-bond donors (Lipinski definition) is 0. The van der Waals surface area contributed by atoms with E-state index in [0.717, 1.165) is 29.6 Å². The summed E-state index contributed by atoms with van der Waals surface area (Å²) in [6.45, 7) is 5.06. The highest BCUT2D eigenvalue weighted by atomic mass is 32.2. The highest BCUT2D eigenvalue weighted by molar-refractivity contribution is 7.99. The first kappa shape index (κ1) is 14.5. The van der Waals surface area contributed by atoms with Crippen molar-refractivity contribution >= 4 is 11.8 Å². The minimum Gasteiger partial charge on any atom is -0.377 e. The van der Waals surface area contributed by atoms with Gasteiger partial charge in [0.05, 0.1) is 11.8 Å². The van der Waals surface area contributed by atoms with Gasteiger partial charge in [0.2, 0.25) is 5.16 Å². The number of thioether (sulfide) groups is 1. The van der Waals surface area contributed by atoms with Crippen LogP contribution in [-0.4, -0.2) is 38.7 Å². The molecular weight excluding hydrogens is 284 g/mol. The van der Waals surface area contributed by atoms with Crippen LogP contribution in [0, 0.1) is 13.8 Å². The van der Waals surface area contributed by atoms with Gasteiger partial charge in [0.15, 0.2) is 0 Å². The summed E-state index contributed by atoms with van der Waals surface area (Å²) < 4.78 is 7.58. The molecule has 0 radical (unpaired) electrons. The van der Waals surface area contributed by atoms with Gasteiger partial charge in [-0.15, -0.1) is 5.10 Å². The highest BCUT2D eigenvalue weighted by Gasteiger charge is 2.17. The molecule has 112 valence electrons. The van der Waals surface area contributed by atoms with Crippen molar-refractivity contribution in [2.75, 3.05) is 12.4 Å². The zero-order valence-corrected chi connectivity index (χ0v) is 13.3. The first-order valence-electron chi connectivity index (χ1n) is 7.34. The number of nitrogens with zero attached hydrogens (tertiary/aromatic N) is 4. The molecule has 3 rings (SSSR count). The van der Waals surface area contributed by atoms with Crippen molar-refractivity contribution < 1.29 is 4.74 Å². The van der Waals surface area contributed by atoms with Crippen molar-refractivity contribution in [3.8, 4) is 5.69 Å². The van der Waals surface area contributed by atoms with Gasteiger partial charge >= 0.3 is 0 Å². The Morgan fingerprint density at radius 3 is 3.00 bits per heavy atom. The quantitative estimate of drug-likeness (QED) is 0.813. The number of tetrazole rings is 1. The van der Waals surface area contributed by atoms with E-state index < -0.39 is 0 Å². The Labute approximate surface area is 129 Å². The first-order chi connectivity index (χ1) is 10.2. The summed E-state index contributed by atoms with van der Waals surface area (Å²) >= 11 is 1.67. The lowest BCUT2D eigenvalue weighted by molar-refractivity contribution is 0.0315. The number of benzene rings is 1. The van der Waals surface area contributed by atoms with Crippen molar-refractivity contribution in [2.45, 2.75) is 44.4 Å². The van der Waals surface area contributed by atoms with Gasteiger partial charge in [-0.1, -0.05) is 29.5 Å². The van der Waals surface area contributed by atoms with Gasteiger partial charge in [-0.2, -0.15) is 4.68 Å². The van der Waals surface area contributed by atoms with Crippen molar-refractivity contribution in [3.63, 3.8) is 0 Å². The molecule has 1 saturated heterocycles. The molecule has 0 spiro atoms. The summed E-state index contributed by atoms with van der Waals surface area (Å²) in [6, 6.07) is 6.31. The van der Waals surface area contributed by atoms with E-state index >= 15 is 0 Å². The van der Waals surface area contributed by atoms with Crippen LogP contribution < -0.4 is 0 Å². The molecule has 0 unspecified atom stereocenters. The van der Waals surface area contributed by atoms with Crippen molar-refractivity contribution in [1.82, 2.24) is 20.2 Å². The van der Waals surface area contributed by atoms with Gasteiger partial charge in [-0.3, -0.25) is 0 Å². The molecule has 2 heterocycles. The number of aromatic nitrogens is 4. The average molecular weight is 304 g/mol. The zero-order chi connectivity index (χ0) is 14.7. The Balaban J connectivity index is 1.74. The van der Waals surface area contributed by atoms with Gasteiger partial charge in [0.1, 0.15) is 0 Å². The molecule has 1 fully saturated rings. The lowest BCUT2D eigenvalue weighted by Gasteiger charge is -2.21. The van der Waals surface area contributed by atoms with Gasteiger partial charge in [0, 0.05) is 12.4 Å². The minimum atomic E-state index is 0.327. The maximum Gasteiger partial charge on any atom is 0.214 e. The molecule has 1 aliphatic heterocycles. The zero-order valence-electron chi connectivity index (χ0n) is 12.5. The van der Waals surface area contributed by atoms with Crippen molar-refractivity contribution in [2.24, 2.45) is 0 Å². The van der Waals surface area contributed by atoms with Crippen LogP contribution >= 0.6 is 11.8 Å². The first-order valence-corrected chi connectivity index (χ1v) is 8.33. The second-order valence-electron chi connectivity index (χ2n) is 5.46. The molecule has 0 amide bonds. The molecule has 6 heteroatoms. The Morgan fingerprint density at radius 2 is 2.24 bits per heavy atom. The van der Waals surface area contributed by atoms with Crippen molar-refractivity contribution in [1.29, 1.82) is 0 Å². The number of aryl methyl sites for hydroxylation is 2. The fourth-order valence-electron chi connectivity index (χ4n) is 2.57. The lowest BCUT2D eigenvalue weighted by Crippen LogP contribution is -2.21. The molecule has 0 saturated carbocycles. The Kier molecular flexibility index (Phi) is 4.55. The second-order valence-corrected chi connectivity index (χ2v) is 6.45. The molecular formula is C15H20N4OS. The fraction of sp³-hybridized carbons (Fsp3) is 0.533. The molecule has 1 aliphatic rings. The van der Waals surface area contributed by atoms with E-state index in [-0.39, 0.29) is 0 Å². The summed E-state index contributed by atoms with van der Waals surface area (Å²) in [5.74, 6) is 0.908. The van der Waals surface area contributed by atoms with Crippen LogP contribution in [0.25, 0.3) is 5.69 Å². The predicted octanol–water partition coefficient (Wildman–Crippen LogP) is 2.94. The number of rotatable bonds is 4. The Bertz CT molecular complexity index is 607. The molecule has 1 aromatic carbocycles. The predicted molar refractivity (Wildman–Crippen MR) is 82.9 cm³/mol. The Hall–Kier alpha value is -1.40. The molecule has 2 aromatic rings. The second kappa shape index (κ2) is 6.58. The molecule has 0 bridgehead atoms. The highest BCUT2D eigenvalue weighted by Crippen LogP contribution is 2.24. The maximum atomic E-state index is 5.76. The van der Waals surface area contributed by atoms with Crippen LogP contribution in [0.15, 0.2) is 23.4 Å². The van der Waals surface area contributed by atoms with Gasteiger partial charge in [-0.05, 0) is 55.2 Å². The van der Waals surface area contributed by atoms with E-state index in [1.165, 1.54) is 24.0 Å². The SMILES string of the molecule is Cc1ccc(-n2nnnc2SC[C@@H]2CCCCO2)c(C)c1. The molecule has 0 N–H and O–H groups in total. The maximum absolute atomic E-state index is 5.76. The largest absolute Gasteiger partial charge is 0.377 e. The third-order valence-electron chi connectivity index (χ3n) is 3.69. The van der Waals surface area contributed by atoms with E-state index in [0.29, 0.717) is 6.10 Å². The van der Waals surface area contributed by atoms with Crippen LogP contribution in [0.3, 0.4) is 0 Å². The smallest absolute Gasteiger partial charge is 0.214 e. The number of ether oxygens (including phenoxy) is 1. The van der Waals surface area contributed by atoms with E-state index in [4.69, 9.17) is 4.74 Å².